The Balaban J connectivity index is 2.10. The molecule has 0 aliphatic rings. The van der Waals surface area contributed by atoms with E-state index in [0.29, 0.717) is 22.1 Å². The molecule has 0 unspecified atom stereocenters. The second kappa shape index (κ2) is 5.62. The van der Waals surface area contributed by atoms with Crippen LogP contribution >= 0.6 is 11.3 Å². The molecule has 6 heteroatoms. The van der Waals surface area contributed by atoms with Gasteiger partial charge in [-0.25, -0.2) is 10.4 Å². The highest BCUT2D eigenvalue weighted by Gasteiger charge is 2.08. The van der Waals surface area contributed by atoms with E-state index >= 15 is 0 Å². The Morgan fingerprint density at radius 2 is 2.16 bits per heavy atom. The summed E-state index contributed by atoms with van der Waals surface area (Å²) in [5.74, 6) is -0.236. The second-order valence-electron chi connectivity index (χ2n) is 4.02. The largest absolute Gasteiger partial charge is 0.375 e. The number of hydrogen-bond donors (Lipinski definition) is 2. The van der Waals surface area contributed by atoms with Crippen LogP contribution in [0.5, 0.6) is 0 Å². The highest BCUT2D eigenvalue weighted by Crippen LogP contribution is 2.11. The van der Waals surface area contributed by atoms with Crippen molar-refractivity contribution in [2.24, 2.45) is 5.10 Å². The monoisotopic (exact) mass is 274 g/mol. The van der Waals surface area contributed by atoms with E-state index in [1.807, 2.05) is 25.1 Å². The minimum atomic E-state index is -0.236. The van der Waals surface area contributed by atoms with Gasteiger partial charge in [0.15, 0.2) is 5.13 Å². The van der Waals surface area contributed by atoms with Crippen LogP contribution in [-0.2, 0) is 0 Å². The molecule has 0 aliphatic heterocycles. The summed E-state index contributed by atoms with van der Waals surface area (Å²) < 4.78 is 0. The number of hydrazone groups is 1. The third-order valence-electron chi connectivity index (χ3n) is 2.61. The van der Waals surface area contributed by atoms with Crippen molar-refractivity contribution in [1.29, 1.82) is 0 Å². The predicted molar refractivity (Wildman–Crippen MR) is 77.4 cm³/mol. The van der Waals surface area contributed by atoms with Crippen LogP contribution in [-0.4, -0.2) is 16.6 Å². The molecule has 0 saturated heterocycles. The zero-order chi connectivity index (χ0) is 13.8. The van der Waals surface area contributed by atoms with Crippen LogP contribution in [0.25, 0.3) is 0 Å². The lowest BCUT2D eigenvalue weighted by atomic mass is 10.1. The van der Waals surface area contributed by atoms with Gasteiger partial charge in [-0.15, -0.1) is 11.3 Å². The Kier molecular flexibility index (Phi) is 3.91. The summed E-state index contributed by atoms with van der Waals surface area (Å²) in [7, 11) is 0. The average molecular weight is 274 g/mol. The van der Waals surface area contributed by atoms with Gasteiger partial charge in [-0.05, 0) is 25.5 Å². The number of hydrogen-bond acceptors (Lipinski definition) is 5. The zero-order valence-corrected chi connectivity index (χ0v) is 11.5. The van der Waals surface area contributed by atoms with E-state index in [4.69, 9.17) is 5.73 Å². The third kappa shape index (κ3) is 3.17. The SMILES string of the molecule is CC(=NNC(=O)c1ccccc1C)c1csc(N)n1. The molecule has 98 valence electrons. The Labute approximate surface area is 115 Å². The summed E-state index contributed by atoms with van der Waals surface area (Å²) in [5, 5.41) is 6.31. The van der Waals surface area contributed by atoms with Crippen molar-refractivity contribution in [2.45, 2.75) is 13.8 Å². The molecule has 1 aromatic heterocycles. The maximum atomic E-state index is 11.9. The fraction of sp³-hybridized carbons (Fsp3) is 0.154. The third-order valence-corrected chi connectivity index (χ3v) is 3.28. The number of nitrogens with one attached hydrogen (secondary N) is 1. The lowest BCUT2D eigenvalue weighted by Crippen LogP contribution is -2.20. The van der Waals surface area contributed by atoms with E-state index in [1.165, 1.54) is 11.3 Å². The number of aromatic nitrogens is 1. The number of carbonyl (C=O) groups excluding carboxylic acids is 1. The summed E-state index contributed by atoms with van der Waals surface area (Å²) in [6.45, 7) is 3.65. The van der Waals surface area contributed by atoms with Crippen molar-refractivity contribution in [3.63, 3.8) is 0 Å². The van der Waals surface area contributed by atoms with Crippen molar-refractivity contribution < 1.29 is 4.79 Å². The van der Waals surface area contributed by atoms with Crippen molar-refractivity contribution in [3.8, 4) is 0 Å². The molecule has 0 spiro atoms. The molecule has 0 atom stereocenters. The number of carbonyl (C=O) groups is 1. The summed E-state index contributed by atoms with van der Waals surface area (Å²) in [6.07, 6.45) is 0. The first kappa shape index (κ1) is 13.2. The molecule has 2 aromatic rings. The Hall–Kier alpha value is -2.21. The number of thiazole rings is 1. The van der Waals surface area contributed by atoms with Crippen LogP contribution in [0.4, 0.5) is 5.13 Å². The van der Waals surface area contributed by atoms with Gasteiger partial charge in [0.1, 0.15) is 0 Å². The van der Waals surface area contributed by atoms with Crippen LogP contribution in [0.1, 0.15) is 28.5 Å². The van der Waals surface area contributed by atoms with E-state index < -0.39 is 0 Å². The van der Waals surface area contributed by atoms with Gasteiger partial charge in [-0.2, -0.15) is 5.10 Å². The number of anilines is 1. The Bertz CT molecular complexity index is 633. The minimum Gasteiger partial charge on any atom is -0.375 e. The first-order valence-electron chi connectivity index (χ1n) is 5.69. The molecule has 0 radical (unpaired) electrons. The number of nitrogens with two attached hydrogens (primary N) is 1. The fourth-order valence-electron chi connectivity index (χ4n) is 1.53. The minimum absolute atomic E-state index is 0.236. The molecule has 0 aliphatic carbocycles. The fourth-order valence-corrected chi connectivity index (χ4v) is 2.14. The molecule has 19 heavy (non-hydrogen) atoms. The van der Waals surface area contributed by atoms with E-state index in [-0.39, 0.29) is 5.91 Å². The van der Waals surface area contributed by atoms with E-state index in [0.717, 1.165) is 5.56 Å². The van der Waals surface area contributed by atoms with Gasteiger partial charge >= 0.3 is 0 Å². The average Bonchev–Trinajstić information content (AvgIpc) is 2.83. The van der Waals surface area contributed by atoms with Crippen molar-refractivity contribution in [3.05, 3.63) is 46.5 Å². The number of amides is 1. The lowest BCUT2D eigenvalue weighted by molar-refractivity contribution is 0.0954. The van der Waals surface area contributed by atoms with E-state index in [1.54, 1.807) is 18.4 Å². The molecular formula is C13H14N4OS. The van der Waals surface area contributed by atoms with Crippen molar-refractivity contribution in [1.82, 2.24) is 10.4 Å². The summed E-state index contributed by atoms with van der Waals surface area (Å²) in [5.41, 5.74) is 10.9. The highest BCUT2D eigenvalue weighted by atomic mass is 32.1. The van der Waals surface area contributed by atoms with Gasteiger partial charge in [-0.1, -0.05) is 18.2 Å². The first-order chi connectivity index (χ1) is 9.08. The Morgan fingerprint density at radius 3 is 2.79 bits per heavy atom. The van der Waals surface area contributed by atoms with Crippen LogP contribution < -0.4 is 11.2 Å². The number of nitrogen functional groups attached to an aromatic ring is 1. The molecule has 0 saturated carbocycles. The number of aryl methyl sites for hydroxylation is 1. The number of benzene rings is 1. The van der Waals surface area contributed by atoms with Crippen LogP contribution in [0.3, 0.4) is 0 Å². The molecule has 2 rings (SSSR count). The van der Waals surface area contributed by atoms with Gasteiger partial charge in [0.25, 0.3) is 5.91 Å². The molecule has 1 amide bonds. The maximum Gasteiger partial charge on any atom is 0.271 e. The van der Waals surface area contributed by atoms with Gasteiger partial charge < -0.3 is 5.73 Å². The normalized spacial score (nSPS) is 11.4. The smallest absolute Gasteiger partial charge is 0.271 e. The molecule has 0 fully saturated rings. The maximum absolute atomic E-state index is 11.9. The predicted octanol–water partition coefficient (Wildman–Crippen LogP) is 2.19. The quantitative estimate of drug-likeness (QED) is 0.665. The van der Waals surface area contributed by atoms with Gasteiger partial charge in [-0.3, -0.25) is 4.79 Å². The van der Waals surface area contributed by atoms with Crippen LogP contribution in [0.15, 0.2) is 34.7 Å². The summed E-state index contributed by atoms with van der Waals surface area (Å²) in [6, 6.07) is 7.35. The molecule has 5 nitrogen and oxygen atoms in total. The highest BCUT2D eigenvalue weighted by molar-refractivity contribution is 7.13. The number of nitrogens with zero attached hydrogens (tertiary/aromatic N) is 2. The molecule has 0 bridgehead atoms. The number of rotatable bonds is 3. The summed E-state index contributed by atoms with van der Waals surface area (Å²) >= 11 is 1.34. The summed E-state index contributed by atoms with van der Waals surface area (Å²) in [4.78, 5) is 16.0. The lowest BCUT2D eigenvalue weighted by Gasteiger charge is -2.04. The topological polar surface area (TPSA) is 80.4 Å². The van der Waals surface area contributed by atoms with Crippen molar-refractivity contribution in [2.75, 3.05) is 5.73 Å². The molecule has 1 aromatic carbocycles. The van der Waals surface area contributed by atoms with E-state index in [9.17, 15) is 4.79 Å². The van der Waals surface area contributed by atoms with Gasteiger partial charge in [0.05, 0.1) is 11.4 Å². The Morgan fingerprint density at radius 1 is 1.42 bits per heavy atom. The van der Waals surface area contributed by atoms with Crippen LogP contribution in [0.2, 0.25) is 0 Å². The van der Waals surface area contributed by atoms with E-state index in [2.05, 4.69) is 15.5 Å². The molecule has 3 N–H and O–H groups in total. The van der Waals surface area contributed by atoms with Crippen LogP contribution in [0, 0.1) is 6.92 Å². The van der Waals surface area contributed by atoms with Gasteiger partial charge in [0, 0.05) is 10.9 Å². The standard InChI is InChI=1S/C13H14N4OS/c1-8-5-3-4-6-10(8)12(18)17-16-9(2)11-7-19-13(14)15-11/h3-7H,1-2H3,(H2,14,15)(H,17,18). The second-order valence-corrected chi connectivity index (χ2v) is 4.91. The molecular weight excluding hydrogens is 260 g/mol. The molecule has 1 heterocycles. The van der Waals surface area contributed by atoms with Crippen molar-refractivity contribution >= 4 is 28.1 Å². The zero-order valence-electron chi connectivity index (χ0n) is 10.7. The van der Waals surface area contributed by atoms with Gasteiger partial charge in [0.2, 0.25) is 0 Å². The first-order valence-corrected chi connectivity index (χ1v) is 6.57.